The molecule has 1 amide bonds. The molecule has 0 bridgehead atoms. The second kappa shape index (κ2) is 8.84. The number of hydrogen-bond acceptors (Lipinski definition) is 5. The Hall–Kier alpha value is -2.09. The van der Waals surface area contributed by atoms with E-state index in [2.05, 4.69) is 34.2 Å². The molecule has 7 nitrogen and oxygen atoms in total. The average molecular weight is 363 g/mol. The van der Waals surface area contributed by atoms with Crippen LogP contribution in [0.3, 0.4) is 0 Å². The van der Waals surface area contributed by atoms with Gasteiger partial charge in [-0.15, -0.1) is 0 Å². The first-order valence-electron chi connectivity index (χ1n) is 8.55. The van der Waals surface area contributed by atoms with Gasteiger partial charge in [-0.25, -0.2) is 9.67 Å². The number of carbonyl (C=O) groups excluding carboxylic acids is 1. The van der Waals surface area contributed by atoms with Crippen molar-refractivity contribution >= 4 is 23.5 Å². The number of hydrogen-bond donors (Lipinski definition) is 2. The number of amides is 1. The summed E-state index contributed by atoms with van der Waals surface area (Å²) in [6.07, 6.45) is 4.25. The molecule has 2 heterocycles. The SMILES string of the molecule is CCCc1cc(=O)[nH]c(S[C@H](C)C(=O)Nc2ccnn2[C@H](C)CC)n1. The average Bonchev–Trinajstić information content (AvgIpc) is 3.02. The highest BCUT2D eigenvalue weighted by molar-refractivity contribution is 8.00. The first-order valence-corrected chi connectivity index (χ1v) is 9.43. The largest absolute Gasteiger partial charge is 0.310 e. The van der Waals surface area contributed by atoms with Crippen LogP contribution in [0, 0.1) is 0 Å². The minimum absolute atomic E-state index is 0.154. The number of aryl methyl sites for hydroxylation is 1. The molecule has 2 aromatic heterocycles. The lowest BCUT2D eigenvalue weighted by Gasteiger charge is -2.16. The van der Waals surface area contributed by atoms with Crippen molar-refractivity contribution in [2.24, 2.45) is 0 Å². The van der Waals surface area contributed by atoms with Crippen LogP contribution in [-0.4, -0.2) is 30.9 Å². The highest BCUT2D eigenvalue weighted by atomic mass is 32.2. The summed E-state index contributed by atoms with van der Waals surface area (Å²) in [7, 11) is 0. The molecule has 25 heavy (non-hydrogen) atoms. The zero-order chi connectivity index (χ0) is 18.4. The highest BCUT2D eigenvalue weighted by Crippen LogP contribution is 2.22. The molecule has 0 unspecified atom stereocenters. The Morgan fingerprint density at radius 2 is 2.16 bits per heavy atom. The fourth-order valence-electron chi connectivity index (χ4n) is 2.31. The molecule has 0 spiro atoms. The second-order valence-electron chi connectivity index (χ2n) is 5.96. The molecule has 2 N–H and O–H groups in total. The Kier molecular flexibility index (Phi) is 6.81. The van der Waals surface area contributed by atoms with Crippen molar-refractivity contribution in [2.45, 2.75) is 63.4 Å². The molecular weight excluding hydrogens is 338 g/mol. The molecule has 8 heteroatoms. The normalized spacial score (nSPS) is 13.4. The summed E-state index contributed by atoms with van der Waals surface area (Å²) in [5.74, 6) is 0.520. The van der Waals surface area contributed by atoms with Gasteiger partial charge in [-0.2, -0.15) is 5.10 Å². The van der Waals surface area contributed by atoms with E-state index in [1.807, 2.05) is 6.92 Å². The molecule has 0 fully saturated rings. The van der Waals surface area contributed by atoms with Crippen LogP contribution >= 0.6 is 11.8 Å². The molecule has 0 aliphatic carbocycles. The Balaban J connectivity index is 2.06. The van der Waals surface area contributed by atoms with Gasteiger partial charge in [0.25, 0.3) is 5.56 Å². The highest BCUT2D eigenvalue weighted by Gasteiger charge is 2.19. The van der Waals surface area contributed by atoms with Gasteiger partial charge in [-0.05, 0) is 26.7 Å². The van der Waals surface area contributed by atoms with Gasteiger partial charge in [0.1, 0.15) is 5.82 Å². The third-order valence-electron chi connectivity index (χ3n) is 3.87. The third kappa shape index (κ3) is 5.19. The van der Waals surface area contributed by atoms with E-state index in [1.165, 1.54) is 17.8 Å². The molecule has 2 aromatic rings. The van der Waals surface area contributed by atoms with Crippen molar-refractivity contribution in [3.63, 3.8) is 0 Å². The summed E-state index contributed by atoms with van der Waals surface area (Å²) in [6, 6.07) is 3.49. The van der Waals surface area contributed by atoms with Gasteiger partial charge in [0.15, 0.2) is 5.16 Å². The van der Waals surface area contributed by atoms with Crippen LogP contribution < -0.4 is 10.9 Å². The minimum atomic E-state index is -0.402. The number of carbonyl (C=O) groups is 1. The number of rotatable bonds is 8. The molecule has 0 saturated carbocycles. The molecular formula is C17H25N5O2S. The van der Waals surface area contributed by atoms with E-state index in [0.29, 0.717) is 11.0 Å². The van der Waals surface area contributed by atoms with Crippen LogP contribution in [0.25, 0.3) is 0 Å². The van der Waals surface area contributed by atoms with Crippen molar-refractivity contribution in [1.82, 2.24) is 19.7 Å². The van der Waals surface area contributed by atoms with E-state index in [4.69, 9.17) is 0 Å². The monoisotopic (exact) mass is 363 g/mol. The number of aromatic nitrogens is 4. The van der Waals surface area contributed by atoms with Crippen molar-refractivity contribution in [1.29, 1.82) is 0 Å². The zero-order valence-corrected chi connectivity index (χ0v) is 15.9. The van der Waals surface area contributed by atoms with Crippen molar-refractivity contribution in [3.05, 3.63) is 34.4 Å². The van der Waals surface area contributed by atoms with Gasteiger partial charge in [-0.3, -0.25) is 9.59 Å². The van der Waals surface area contributed by atoms with Crippen molar-refractivity contribution in [2.75, 3.05) is 5.32 Å². The maximum absolute atomic E-state index is 12.5. The van der Waals surface area contributed by atoms with Crippen LogP contribution in [0.15, 0.2) is 28.3 Å². The molecule has 2 rings (SSSR count). The molecule has 0 saturated heterocycles. The maximum atomic E-state index is 12.5. The Morgan fingerprint density at radius 3 is 2.84 bits per heavy atom. The summed E-state index contributed by atoms with van der Waals surface area (Å²) in [6.45, 7) is 7.94. The first kappa shape index (κ1) is 19.2. The second-order valence-corrected chi connectivity index (χ2v) is 7.29. The van der Waals surface area contributed by atoms with E-state index in [9.17, 15) is 9.59 Å². The lowest BCUT2D eigenvalue weighted by atomic mass is 10.2. The predicted molar refractivity (Wildman–Crippen MR) is 100 cm³/mol. The van der Waals surface area contributed by atoms with Gasteiger partial charge in [0.2, 0.25) is 5.91 Å². The van der Waals surface area contributed by atoms with Crippen LogP contribution in [0.2, 0.25) is 0 Å². The Labute approximate surface area is 151 Å². The van der Waals surface area contributed by atoms with E-state index in [1.54, 1.807) is 23.9 Å². The summed E-state index contributed by atoms with van der Waals surface area (Å²) >= 11 is 1.24. The lowest BCUT2D eigenvalue weighted by molar-refractivity contribution is -0.115. The fourth-order valence-corrected chi connectivity index (χ4v) is 3.14. The quantitative estimate of drug-likeness (QED) is 0.555. The number of thioether (sulfide) groups is 1. The molecule has 2 atom stereocenters. The van der Waals surface area contributed by atoms with E-state index >= 15 is 0 Å². The molecule has 0 aliphatic heterocycles. The van der Waals surface area contributed by atoms with Crippen LogP contribution in [0.4, 0.5) is 5.82 Å². The van der Waals surface area contributed by atoms with Gasteiger partial charge >= 0.3 is 0 Å². The number of H-pyrrole nitrogens is 1. The number of nitrogens with one attached hydrogen (secondary N) is 2. The van der Waals surface area contributed by atoms with Crippen LogP contribution in [0.5, 0.6) is 0 Å². The standard InChI is InChI=1S/C17H25N5O2S/c1-5-7-13-10-15(23)21-17(19-13)25-12(4)16(24)20-14-8-9-18-22(14)11(3)6-2/h8-12H,5-7H2,1-4H3,(H,20,24)(H,19,21,23)/t11-,12-/m1/s1. The number of nitrogens with zero attached hydrogens (tertiary/aromatic N) is 3. The van der Waals surface area contributed by atoms with E-state index < -0.39 is 5.25 Å². The summed E-state index contributed by atoms with van der Waals surface area (Å²) < 4.78 is 1.80. The smallest absolute Gasteiger partial charge is 0.251 e. The first-order chi connectivity index (χ1) is 11.9. The Bertz CT molecular complexity index is 770. The lowest BCUT2D eigenvalue weighted by Crippen LogP contribution is -2.25. The summed E-state index contributed by atoms with van der Waals surface area (Å²) in [5.41, 5.74) is 0.555. The summed E-state index contributed by atoms with van der Waals surface area (Å²) in [4.78, 5) is 31.3. The van der Waals surface area contributed by atoms with Gasteiger partial charge in [-0.1, -0.05) is 32.0 Å². The van der Waals surface area contributed by atoms with Gasteiger partial charge < -0.3 is 10.3 Å². The number of aromatic amines is 1. The van der Waals surface area contributed by atoms with Crippen molar-refractivity contribution in [3.8, 4) is 0 Å². The topological polar surface area (TPSA) is 92.7 Å². The minimum Gasteiger partial charge on any atom is -0.310 e. The number of anilines is 1. The van der Waals surface area contributed by atoms with Crippen molar-refractivity contribution < 1.29 is 4.79 Å². The maximum Gasteiger partial charge on any atom is 0.251 e. The van der Waals surface area contributed by atoms with Crippen LogP contribution in [0.1, 0.15) is 52.3 Å². The molecule has 0 aliphatic rings. The molecule has 0 aromatic carbocycles. The fraction of sp³-hybridized carbons (Fsp3) is 0.529. The summed E-state index contributed by atoms with van der Waals surface area (Å²) in [5, 5.41) is 7.23. The van der Waals surface area contributed by atoms with Gasteiger partial charge in [0.05, 0.1) is 17.5 Å². The van der Waals surface area contributed by atoms with E-state index in [0.717, 1.165) is 25.0 Å². The Morgan fingerprint density at radius 1 is 1.40 bits per heavy atom. The predicted octanol–water partition coefficient (Wildman–Crippen LogP) is 3.01. The van der Waals surface area contributed by atoms with Gasteiger partial charge in [0, 0.05) is 17.8 Å². The zero-order valence-electron chi connectivity index (χ0n) is 15.1. The molecule has 136 valence electrons. The van der Waals surface area contributed by atoms with E-state index in [-0.39, 0.29) is 17.5 Å². The third-order valence-corrected chi connectivity index (χ3v) is 4.85. The van der Waals surface area contributed by atoms with Crippen LogP contribution in [-0.2, 0) is 11.2 Å². The molecule has 0 radical (unpaired) electrons.